The predicted molar refractivity (Wildman–Crippen MR) is 68.6 cm³/mol. The molecule has 0 atom stereocenters. The van der Waals surface area contributed by atoms with Crippen LogP contribution in [0.2, 0.25) is 0 Å². The van der Waals surface area contributed by atoms with E-state index in [-0.39, 0.29) is 5.91 Å². The first-order valence-electron chi connectivity index (χ1n) is 4.43. The van der Waals surface area contributed by atoms with Crippen molar-refractivity contribution < 1.29 is 4.79 Å². The third-order valence-electron chi connectivity index (χ3n) is 1.91. The molecule has 0 aliphatic heterocycles. The van der Waals surface area contributed by atoms with E-state index in [4.69, 9.17) is 5.73 Å². The third kappa shape index (κ3) is 2.23. The summed E-state index contributed by atoms with van der Waals surface area (Å²) in [6.07, 6.45) is 1.64. The van der Waals surface area contributed by atoms with E-state index in [0.717, 1.165) is 0 Å². The number of aromatic nitrogens is 1. The topological polar surface area (TPSA) is 68.0 Å². The van der Waals surface area contributed by atoms with Crippen molar-refractivity contribution in [1.29, 1.82) is 0 Å². The van der Waals surface area contributed by atoms with Gasteiger partial charge < -0.3 is 11.1 Å². The Morgan fingerprint density at radius 1 is 1.50 bits per heavy atom. The summed E-state index contributed by atoms with van der Waals surface area (Å²) in [6, 6.07) is 5.22. The largest absolute Gasteiger partial charge is 0.397 e. The Labute approximate surface area is 105 Å². The summed E-state index contributed by atoms with van der Waals surface area (Å²) >= 11 is 4.56. The number of nitrogens with zero attached hydrogens (tertiary/aromatic N) is 1. The van der Waals surface area contributed by atoms with Crippen molar-refractivity contribution in [2.75, 3.05) is 11.1 Å². The highest BCUT2D eigenvalue weighted by molar-refractivity contribution is 9.10. The van der Waals surface area contributed by atoms with Gasteiger partial charge in [-0.2, -0.15) is 0 Å². The minimum Gasteiger partial charge on any atom is -0.397 e. The molecule has 6 heteroatoms. The maximum Gasteiger partial charge on any atom is 0.267 e. The van der Waals surface area contributed by atoms with Gasteiger partial charge in [-0.25, -0.2) is 4.98 Å². The summed E-state index contributed by atoms with van der Waals surface area (Å²) in [7, 11) is 0. The first kappa shape index (κ1) is 11.1. The fourth-order valence-corrected chi connectivity index (χ4v) is 2.22. The molecule has 1 amide bonds. The van der Waals surface area contributed by atoms with Crippen LogP contribution in [0.4, 0.5) is 11.4 Å². The first-order chi connectivity index (χ1) is 7.68. The molecule has 4 nitrogen and oxygen atoms in total. The molecule has 2 heterocycles. The van der Waals surface area contributed by atoms with Crippen molar-refractivity contribution in [2.24, 2.45) is 0 Å². The molecule has 2 rings (SSSR count). The Hall–Kier alpha value is -1.40. The van der Waals surface area contributed by atoms with Gasteiger partial charge in [-0.15, -0.1) is 11.3 Å². The minimum atomic E-state index is -0.221. The molecule has 0 saturated carbocycles. The van der Waals surface area contributed by atoms with Crippen molar-refractivity contribution >= 4 is 44.5 Å². The van der Waals surface area contributed by atoms with E-state index in [1.807, 2.05) is 0 Å². The van der Waals surface area contributed by atoms with E-state index in [2.05, 4.69) is 26.2 Å². The zero-order chi connectivity index (χ0) is 11.5. The fourth-order valence-electron chi connectivity index (χ4n) is 1.16. The second-order valence-corrected chi connectivity index (χ2v) is 4.67. The number of anilines is 2. The van der Waals surface area contributed by atoms with Crippen LogP contribution in [0.25, 0.3) is 0 Å². The number of nitrogens with two attached hydrogens (primary N) is 1. The summed E-state index contributed by atoms with van der Waals surface area (Å²) < 4.78 is 0.596. The average Bonchev–Trinajstić information content (AvgIpc) is 2.68. The summed E-state index contributed by atoms with van der Waals surface area (Å²) in [4.78, 5) is 16.3. The predicted octanol–water partition coefficient (Wildman–Crippen LogP) is 2.74. The average molecular weight is 298 g/mol. The van der Waals surface area contributed by atoms with Gasteiger partial charge in [0.15, 0.2) is 0 Å². The maximum absolute atomic E-state index is 11.8. The van der Waals surface area contributed by atoms with Crippen LogP contribution in [-0.2, 0) is 0 Å². The monoisotopic (exact) mass is 297 g/mol. The van der Waals surface area contributed by atoms with Gasteiger partial charge in [0, 0.05) is 6.20 Å². The number of hydrogen-bond acceptors (Lipinski definition) is 4. The molecule has 16 heavy (non-hydrogen) atoms. The van der Waals surface area contributed by atoms with Crippen LogP contribution in [0.3, 0.4) is 0 Å². The number of pyridine rings is 1. The zero-order valence-corrected chi connectivity index (χ0v) is 10.5. The van der Waals surface area contributed by atoms with Crippen molar-refractivity contribution in [3.05, 3.63) is 39.3 Å². The lowest BCUT2D eigenvalue weighted by molar-refractivity contribution is 0.103. The third-order valence-corrected chi connectivity index (χ3v) is 3.47. The molecule has 3 N–H and O–H groups in total. The van der Waals surface area contributed by atoms with Gasteiger partial charge in [0.2, 0.25) is 0 Å². The number of carbonyl (C=O) groups is 1. The van der Waals surface area contributed by atoms with E-state index < -0.39 is 0 Å². The number of nitrogens with one attached hydrogen (secondary N) is 1. The quantitative estimate of drug-likeness (QED) is 0.838. The van der Waals surface area contributed by atoms with Crippen molar-refractivity contribution in [2.45, 2.75) is 0 Å². The van der Waals surface area contributed by atoms with Crippen LogP contribution in [-0.4, -0.2) is 10.9 Å². The van der Waals surface area contributed by atoms with Gasteiger partial charge >= 0.3 is 0 Å². The number of nitrogen functional groups attached to an aromatic ring is 1. The highest BCUT2D eigenvalue weighted by Gasteiger charge is 2.12. The molecule has 0 unspecified atom stereocenters. The molecule has 0 bridgehead atoms. The number of hydrogen-bond donors (Lipinski definition) is 2. The number of carbonyl (C=O) groups excluding carboxylic acids is 1. The first-order valence-corrected chi connectivity index (χ1v) is 6.10. The molecule has 2 aromatic heterocycles. The standard InChI is InChI=1S/C10H8BrN3OS/c11-9-7(2-1-4-13-9)14-10(15)8-6(12)3-5-16-8/h1-5H,12H2,(H,14,15). The second-order valence-electron chi connectivity index (χ2n) is 3.00. The highest BCUT2D eigenvalue weighted by atomic mass is 79.9. The van der Waals surface area contributed by atoms with E-state index in [1.54, 1.807) is 29.8 Å². The molecule has 0 aliphatic rings. The Balaban J connectivity index is 2.21. The number of thiophene rings is 1. The lowest BCUT2D eigenvalue weighted by Crippen LogP contribution is -2.12. The number of rotatable bonds is 2. The van der Waals surface area contributed by atoms with E-state index in [0.29, 0.717) is 20.9 Å². The van der Waals surface area contributed by atoms with Crippen LogP contribution in [0.15, 0.2) is 34.4 Å². The molecule has 0 saturated heterocycles. The fraction of sp³-hybridized carbons (Fsp3) is 0. The van der Waals surface area contributed by atoms with Crippen LogP contribution in [0.5, 0.6) is 0 Å². The Bertz CT molecular complexity index is 526. The normalized spacial score (nSPS) is 10.1. The van der Waals surface area contributed by atoms with E-state index >= 15 is 0 Å². The van der Waals surface area contributed by atoms with Gasteiger partial charge in [-0.1, -0.05) is 0 Å². The Morgan fingerprint density at radius 2 is 2.31 bits per heavy atom. The van der Waals surface area contributed by atoms with Gasteiger partial charge in [0.25, 0.3) is 5.91 Å². The number of halogens is 1. The molecule has 0 radical (unpaired) electrons. The second kappa shape index (κ2) is 4.63. The molecule has 0 aromatic carbocycles. The summed E-state index contributed by atoms with van der Waals surface area (Å²) in [5.41, 5.74) is 6.77. The molecule has 0 aliphatic carbocycles. The van der Waals surface area contributed by atoms with Crippen molar-refractivity contribution in [3.8, 4) is 0 Å². The van der Waals surface area contributed by atoms with Crippen LogP contribution >= 0.6 is 27.3 Å². The Morgan fingerprint density at radius 3 is 2.94 bits per heavy atom. The van der Waals surface area contributed by atoms with Crippen molar-refractivity contribution in [1.82, 2.24) is 4.98 Å². The van der Waals surface area contributed by atoms with E-state index in [9.17, 15) is 4.79 Å². The molecular formula is C10H8BrN3OS. The molecule has 2 aromatic rings. The van der Waals surface area contributed by atoms with Crippen LogP contribution < -0.4 is 11.1 Å². The van der Waals surface area contributed by atoms with Crippen LogP contribution in [0.1, 0.15) is 9.67 Å². The highest BCUT2D eigenvalue weighted by Crippen LogP contribution is 2.23. The minimum absolute atomic E-state index is 0.221. The van der Waals surface area contributed by atoms with E-state index in [1.165, 1.54) is 11.3 Å². The van der Waals surface area contributed by atoms with Gasteiger partial charge in [0.1, 0.15) is 9.48 Å². The van der Waals surface area contributed by atoms with Crippen molar-refractivity contribution in [3.63, 3.8) is 0 Å². The zero-order valence-electron chi connectivity index (χ0n) is 8.11. The van der Waals surface area contributed by atoms with Gasteiger partial charge in [-0.3, -0.25) is 4.79 Å². The van der Waals surface area contributed by atoms with Gasteiger partial charge in [0.05, 0.1) is 11.4 Å². The maximum atomic E-state index is 11.8. The molecule has 0 fully saturated rings. The summed E-state index contributed by atoms with van der Waals surface area (Å²) in [5, 5.41) is 4.52. The summed E-state index contributed by atoms with van der Waals surface area (Å²) in [6.45, 7) is 0. The summed E-state index contributed by atoms with van der Waals surface area (Å²) in [5.74, 6) is -0.221. The molecular weight excluding hydrogens is 290 g/mol. The molecule has 0 spiro atoms. The molecule has 82 valence electrons. The lowest BCUT2D eigenvalue weighted by Gasteiger charge is -2.05. The smallest absolute Gasteiger partial charge is 0.267 e. The lowest BCUT2D eigenvalue weighted by atomic mass is 10.3. The SMILES string of the molecule is Nc1ccsc1C(=O)Nc1cccnc1Br. The Kier molecular flexibility index (Phi) is 3.21. The van der Waals surface area contributed by atoms with Gasteiger partial charge in [-0.05, 0) is 39.5 Å². The number of amides is 1. The van der Waals surface area contributed by atoms with Crippen LogP contribution in [0, 0.1) is 0 Å².